The molecule has 1 fully saturated rings. The third-order valence-corrected chi connectivity index (χ3v) is 5.42. The second-order valence-electron chi connectivity index (χ2n) is 7.87. The molecule has 1 aliphatic rings. The number of piperidine rings is 1. The second kappa shape index (κ2) is 8.18. The number of hydrogen-bond acceptors (Lipinski definition) is 5. The summed E-state index contributed by atoms with van der Waals surface area (Å²) < 4.78 is 1.91. The molecule has 2 aromatic heterocycles. The van der Waals surface area contributed by atoms with Crippen molar-refractivity contribution in [1.29, 1.82) is 0 Å². The molecule has 0 bridgehead atoms. The lowest BCUT2D eigenvalue weighted by molar-refractivity contribution is 0.0926. The zero-order valence-electron chi connectivity index (χ0n) is 16.8. The fourth-order valence-electron chi connectivity index (χ4n) is 4.30. The van der Waals surface area contributed by atoms with Crippen LogP contribution in [0.5, 0.6) is 0 Å². The molecule has 26 heavy (non-hydrogen) atoms. The topological polar surface area (TPSA) is 40.4 Å². The highest BCUT2D eigenvalue weighted by Gasteiger charge is 2.32. The average Bonchev–Trinajstić information content (AvgIpc) is 3.01. The van der Waals surface area contributed by atoms with Gasteiger partial charge in [-0.3, -0.25) is 14.6 Å². The number of aromatic nitrogens is 3. The number of aryl methyl sites for hydroxylation is 1. The first-order valence-electron chi connectivity index (χ1n) is 9.43. The molecule has 2 aromatic rings. The van der Waals surface area contributed by atoms with Crippen LogP contribution in [0.1, 0.15) is 30.0 Å². The number of rotatable bonds is 6. The first-order chi connectivity index (χ1) is 12.5. The molecule has 0 aromatic carbocycles. The van der Waals surface area contributed by atoms with Crippen LogP contribution in [-0.4, -0.2) is 65.8 Å². The van der Waals surface area contributed by atoms with Gasteiger partial charge in [0.15, 0.2) is 0 Å². The summed E-state index contributed by atoms with van der Waals surface area (Å²) in [4.78, 5) is 11.4. The van der Waals surface area contributed by atoms with Crippen molar-refractivity contribution in [1.82, 2.24) is 24.6 Å². The molecule has 6 heteroatoms. The van der Waals surface area contributed by atoms with Crippen LogP contribution in [0.2, 0.25) is 0 Å². The summed E-state index contributed by atoms with van der Waals surface area (Å²) in [5.74, 6) is 0.613. The highest BCUT2D eigenvalue weighted by molar-refractivity contribution is 5.50. The van der Waals surface area contributed by atoms with Crippen molar-refractivity contribution in [3.05, 3.63) is 42.0 Å². The number of likely N-dealkylation sites (tertiary alicyclic amines) is 1. The van der Waals surface area contributed by atoms with Gasteiger partial charge in [-0.2, -0.15) is 5.10 Å². The second-order valence-corrected chi connectivity index (χ2v) is 7.87. The van der Waals surface area contributed by atoms with E-state index in [0.717, 1.165) is 19.6 Å². The first-order valence-corrected chi connectivity index (χ1v) is 9.43. The Morgan fingerprint density at radius 2 is 2.00 bits per heavy atom. The summed E-state index contributed by atoms with van der Waals surface area (Å²) in [6.07, 6.45) is 10.6. The lowest BCUT2D eigenvalue weighted by atomic mass is 9.85. The van der Waals surface area contributed by atoms with Crippen molar-refractivity contribution >= 4 is 5.69 Å². The highest BCUT2D eigenvalue weighted by atomic mass is 15.3. The Morgan fingerprint density at radius 1 is 1.19 bits per heavy atom. The standard InChI is InChI=1S/C20H32N6/c1-23(2)19-8-9-21-11-17(19)14-24(3)13-16-7-6-10-25(4)20(16)18-12-22-26(5)15-18/h8-9,11-12,15-16,20H,6-7,10,13-14H2,1-5H3/t16-,20+/m0/s1. The number of anilines is 1. The summed E-state index contributed by atoms with van der Waals surface area (Å²) in [7, 11) is 10.6. The Bertz CT molecular complexity index is 710. The first kappa shape index (κ1) is 18.9. The van der Waals surface area contributed by atoms with Crippen LogP contribution in [0.25, 0.3) is 0 Å². The number of pyridine rings is 1. The normalized spacial score (nSPS) is 21.3. The van der Waals surface area contributed by atoms with Crippen molar-refractivity contribution in [2.45, 2.75) is 25.4 Å². The maximum atomic E-state index is 4.40. The Balaban J connectivity index is 1.72. The van der Waals surface area contributed by atoms with E-state index in [1.807, 2.05) is 30.3 Å². The fraction of sp³-hybridized carbons (Fsp3) is 0.600. The summed E-state index contributed by atoms with van der Waals surface area (Å²) in [6, 6.07) is 2.54. The molecule has 0 N–H and O–H groups in total. The predicted molar refractivity (Wildman–Crippen MR) is 106 cm³/mol. The quantitative estimate of drug-likeness (QED) is 0.795. The molecule has 0 spiro atoms. The maximum absolute atomic E-state index is 4.40. The largest absolute Gasteiger partial charge is 0.377 e. The van der Waals surface area contributed by atoms with E-state index in [-0.39, 0.29) is 0 Å². The van der Waals surface area contributed by atoms with Gasteiger partial charge in [-0.1, -0.05) is 0 Å². The predicted octanol–water partition coefficient (Wildman–Crippen LogP) is 2.40. The monoisotopic (exact) mass is 356 g/mol. The molecule has 0 radical (unpaired) electrons. The molecule has 1 saturated heterocycles. The van der Waals surface area contributed by atoms with Crippen LogP contribution in [0.15, 0.2) is 30.9 Å². The van der Waals surface area contributed by atoms with Crippen LogP contribution in [0.4, 0.5) is 5.69 Å². The van der Waals surface area contributed by atoms with Gasteiger partial charge >= 0.3 is 0 Å². The van der Waals surface area contributed by atoms with Crippen LogP contribution >= 0.6 is 0 Å². The molecular formula is C20H32N6. The Hall–Kier alpha value is -1.92. The van der Waals surface area contributed by atoms with E-state index < -0.39 is 0 Å². The zero-order valence-corrected chi connectivity index (χ0v) is 16.8. The summed E-state index contributed by atoms with van der Waals surface area (Å²) in [6.45, 7) is 3.15. The van der Waals surface area contributed by atoms with Gasteiger partial charge in [-0.05, 0) is 45.5 Å². The average molecular weight is 357 g/mol. The van der Waals surface area contributed by atoms with Gasteiger partial charge < -0.3 is 9.80 Å². The molecule has 0 saturated carbocycles. The molecule has 1 aliphatic heterocycles. The van der Waals surface area contributed by atoms with E-state index in [1.165, 1.54) is 29.7 Å². The summed E-state index contributed by atoms with van der Waals surface area (Å²) in [5.41, 5.74) is 3.86. The van der Waals surface area contributed by atoms with Crippen LogP contribution in [0.3, 0.4) is 0 Å². The van der Waals surface area contributed by atoms with Crippen molar-refractivity contribution in [2.24, 2.45) is 13.0 Å². The van der Waals surface area contributed by atoms with E-state index >= 15 is 0 Å². The number of nitrogens with zero attached hydrogens (tertiary/aromatic N) is 6. The van der Waals surface area contributed by atoms with Gasteiger partial charge in [-0.15, -0.1) is 0 Å². The number of hydrogen-bond donors (Lipinski definition) is 0. The molecule has 0 amide bonds. The van der Waals surface area contributed by atoms with Gasteiger partial charge in [0, 0.05) is 75.7 Å². The van der Waals surface area contributed by atoms with Gasteiger partial charge in [0.2, 0.25) is 0 Å². The lowest BCUT2D eigenvalue weighted by Crippen LogP contribution is -2.40. The van der Waals surface area contributed by atoms with Crippen molar-refractivity contribution in [2.75, 3.05) is 46.2 Å². The molecule has 6 nitrogen and oxygen atoms in total. The Morgan fingerprint density at radius 3 is 2.69 bits per heavy atom. The lowest BCUT2D eigenvalue weighted by Gasteiger charge is -2.40. The molecule has 2 atom stereocenters. The van der Waals surface area contributed by atoms with Crippen LogP contribution in [-0.2, 0) is 13.6 Å². The third kappa shape index (κ3) is 4.24. The van der Waals surface area contributed by atoms with Crippen LogP contribution < -0.4 is 4.90 Å². The minimum absolute atomic E-state index is 0.446. The van der Waals surface area contributed by atoms with Crippen molar-refractivity contribution in [3.8, 4) is 0 Å². The van der Waals surface area contributed by atoms with Crippen LogP contribution in [0, 0.1) is 5.92 Å². The third-order valence-electron chi connectivity index (χ3n) is 5.42. The van der Waals surface area contributed by atoms with Gasteiger partial charge in [0.1, 0.15) is 0 Å². The minimum atomic E-state index is 0.446. The van der Waals surface area contributed by atoms with E-state index in [0.29, 0.717) is 12.0 Å². The Kier molecular flexibility index (Phi) is 5.94. The summed E-state index contributed by atoms with van der Waals surface area (Å²) >= 11 is 0. The molecule has 3 heterocycles. The highest BCUT2D eigenvalue weighted by Crippen LogP contribution is 2.35. The molecule has 0 unspecified atom stereocenters. The maximum Gasteiger partial charge on any atom is 0.0537 e. The van der Waals surface area contributed by atoms with E-state index in [1.54, 1.807) is 0 Å². The van der Waals surface area contributed by atoms with E-state index in [4.69, 9.17) is 0 Å². The Labute approximate surface area is 157 Å². The van der Waals surface area contributed by atoms with E-state index in [2.05, 4.69) is 65.2 Å². The van der Waals surface area contributed by atoms with Gasteiger partial charge in [0.05, 0.1) is 6.20 Å². The van der Waals surface area contributed by atoms with E-state index in [9.17, 15) is 0 Å². The van der Waals surface area contributed by atoms with Gasteiger partial charge in [0.25, 0.3) is 0 Å². The molecule has 0 aliphatic carbocycles. The minimum Gasteiger partial charge on any atom is -0.377 e. The van der Waals surface area contributed by atoms with Crippen molar-refractivity contribution < 1.29 is 0 Å². The smallest absolute Gasteiger partial charge is 0.0537 e. The zero-order chi connectivity index (χ0) is 18.7. The molecule has 3 rings (SSSR count). The summed E-state index contributed by atoms with van der Waals surface area (Å²) in [5, 5.41) is 4.40. The van der Waals surface area contributed by atoms with Crippen molar-refractivity contribution in [3.63, 3.8) is 0 Å². The molecule has 142 valence electrons. The van der Waals surface area contributed by atoms with Gasteiger partial charge in [-0.25, -0.2) is 0 Å². The fourth-order valence-corrected chi connectivity index (χ4v) is 4.30. The SMILES string of the molecule is CN(Cc1cnccc1N(C)C)C[C@@H]1CCCN(C)[C@H]1c1cnn(C)c1. The molecular weight excluding hydrogens is 324 g/mol.